The van der Waals surface area contributed by atoms with E-state index in [1.807, 2.05) is 12.1 Å². The first-order chi connectivity index (χ1) is 13.0. The lowest BCUT2D eigenvalue weighted by atomic mass is 10.2. The fourth-order valence-electron chi connectivity index (χ4n) is 2.03. The van der Waals surface area contributed by atoms with E-state index in [4.69, 9.17) is 9.47 Å². The number of non-ortho nitro benzene ring substituents is 1. The van der Waals surface area contributed by atoms with Crippen molar-refractivity contribution >= 4 is 17.8 Å². The van der Waals surface area contributed by atoms with Crippen molar-refractivity contribution in [1.82, 2.24) is 5.43 Å². The summed E-state index contributed by atoms with van der Waals surface area (Å²) in [5.74, 6) is 0.495. The van der Waals surface area contributed by atoms with Crippen LogP contribution in [-0.4, -0.2) is 29.8 Å². The Labute approximate surface area is 156 Å². The van der Waals surface area contributed by atoms with Crippen LogP contribution in [0.25, 0.3) is 0 Å². The first-order valence-electron chi connectivity index (χ1n) is 8.08. The molecule has 1 amide bonds. The summed E-state index contributed by atoms with van der Waals surface area (Å²) in [5, 5.41) is 14.5. The standard InChI is InChI=1S/C19H19N3O5/c1-3-12-26-18-7-5-4-6-15(18)13-20-21-19(23)14(2)27-17-10-8-16(9-11-17)22(24)25/h3-11,13-14H,1,12H2,2H3,(H,21,23)/b20-13-/t14-/m0/s1. The van der Waals surface area contributed by atoms with Crippen molar-refractivity contribution in [3.8, 4) is 11.5 Å². The number of benzene rings is 2. The molecule has 1 atom stereocenters. The van der Waals surface area contributed by atoms with E-state index < -0.39 is 16.9 Å². The van der Waals surface area contributed by atoms with Crippen LogP contribution in [0.1, 0.15) is 12.5 Å². The maximum atomic E-state index is 12.1. The number of hydrazone groups is 1. The summed E-state index contributed by atoms with van der Waals surface area (Å²) in [6.45, 7) is 5.50. The summed E-state index contributed by atoms with van der Waals surface area (Å²) in [6, 6.07) is 12.7. The Morgan fingerprint density at radius 3 is 2.67 bits per heavy atom. The van der Waals surface area contributed by atoms with Gasteiger partial charge in [0.25, 0.3) is 11.6 Å². The van der Waals surface area contributed by atoms with Gasteiger partial charge in [0.15, 0.2) is 6.10 Å². The van der Waals surface area contributed by atoms with Crippen molar-refractivity contribution in [3.63, 3.8) is 0 Å². The zero-order valence-corrected chi connectivity index (χ0v) is 14.7. The number of carbonyl (C=O) groups excluding carboxylic acids is 1. The Hall–Kier alpha value is -3.68. The highest BCUT2D eigenvalue weighted by atomic mass is 16.6. The number of carbonyl (C=O) groups is 1. The topological polar surface area (TPSA) is 103 Å². The molecule has 2 aromatic carbocycles. The summed E-state index contributed by atoms with van der Waals surface area (Å²) >= 11 is 0. The van der Waals surface area contributed by atoms with Gasteiger partial charge in [0.2, 0.25) is 0 Å². The molecule has 27 heavy (non-hydrogen) atoms. The van der Waals surface area contributed by atoms with Crippen molar-refractivity contribution in [1.29, 1.82) is 0 Å². The molecule has 0 spiro atoms. The average molecular weight is 369 g/mol. The SMILES string of the molecule is C=CCOc1ccccc1/C=N\NC(=O)[C@H](C)Oc1ccc([N+](=O)[O-])cc1. The number of amides is 1. The Morgan fingerprint density at radius 2 is 2.00 bits per heavy atom. The Bertz CT molecular complexity index is 833. The molecule has 0 aromatic heterocycles. The number of nitro benzene ring substituents is 1. The monoisotopic (exact) mass is 369 g/mol. The number of para-hydroxylation sites is 1. The van der Waals surface area contributed by atoms with Gasteiger partial charge in [-0.15, -0.1) is 0 Å². The molecule has 0 aliphatic heterocycles. The first-order valence-corrected chi connectivity index (χ1v) is 8.08. The van der Waals surface area contributed by atoms with Gasteiger partial charge in [0, 0.05) is 17.7 Å². The number of nitrogens with zero attached hydrogens (tertiary/aromatic N) is 2. The zero-order chi connectivity index (χ0) is 19.6. The van der Waals surface area contributed by atoms with Crippen molar-refractivity contribution in [2.75, 3.05) is 6.61 Å². The third-order valence-corrected chi connectivity index (χ3v) is 3.38. The fraction of sp³-hybridized carbons (Fsp3) is 0.158. The minimum absolute atomic E-state index is 0.0543. The molecule has 0 fully saturated rings. The Kier molecular flexibility index (Phi) is 7.07. The van der Waals surface area contributed by atoms with E-state index in [0.717, 1.165) is 0 Å². The molecule has 0 radical (unpaired) electrons. The van der Waals surface area contributed by atoms with E-state index >= 15 is 0 Å². The molecular weight excluding hydrogens is 350 g/mol. The highest BCUT2D eigenvalue weighted by molar-refractivity contribution is 5.86. The minimum atomic E-state index is -0.837. The maximum Gasteiger partial charge on any atom is 0.280 e. The number of ether oxygens (including phenoxy) is 2. The number of hydrogen-bond acceptors (Lipinski definition) is 6. The largest absolute Gasteiger partial charge is 0.489 e. The predicted molar refractivity (Wildman–Crippen MR) is 101 cm³/mol. The van der Waals surface area contributed by atoms with Gasteiger partial charge in [0.1, 0.15) is 18.1 Å². The lowest BCUT2D eigenvalue weighted by molar-refractivity contribution is -0.384. The molecule has 0 heterocycles. The van der Waals surface area contributed by atoms with Gasteiger partial charge < -0.3 is 9.47 Å². The third-order valence-electron chi connectivity index (χ3n) is 3.38. The summed E-state index contributed by atoms with van der Waals surface area (Å²) in [6.07, 6.45) is 2.26. The second-order valence-electron chi connectivity index (χ2n) is 5.38. The third kappa shape index (κ3) is 5.96. The van der Waals surface area contributed by atoms with E-state index in [2.05, 4.69) is 17.1 Å². The van der Waals surface area contributed by atoms with Crippen LogP contribution in [0.3, 0.4) is 0 Å². The summed E-state index contributed by atoms with van der Waals surface area (Å²) in [5.41, 5.74) is 3.03. The van der Waals surface area contributed by atoms with Crippen LogP contribution < -0.4 is 14.9 Å². The van der Waals surface area contributed by atoms with Gasteiger partial charge >= 0.3 is 0 Å². The second kappa shape index (κ2) is 9.71. The van der Waals surface area contributed by atoms with E-state index in [0.29, 0.717) is 23.7 Å². The molecular formula is C19H19N3O5. The van der Waals surface area contributed by atoms with Crippen LogP contribution >= 0.6 is 0 Å². The predicted octanol–water partition coefficient (Wildman–Crippen LogP) is 3.08. The number of rotatable bonds is 9. The van der Waals surface area contributed by atoms with Crippen LogP contribution in [0.2, 0.25) is 0 Å². The van der Waals surface area contributed by atoms with Crippen molar-refractivity contribution in [3.05, 3.63) is 76.9 Å². The molecule has 2 aromatic rings. The molecule has 0 aliphatic carbocycles. The van der Waals surface area contributed by atoms with E-state index in [-0.39, 0.29) is 5.69 Å². The number of nitrogens with one attached hydrogen (secondary N) is 1. The number of hydrogen-bond donors (Lipinski definition) is 1. The molecule has 8 heteroatoms. The maximum absolute atomic E-state index is 12.1. The lowest BCUT2D eigenvalue weighted by Crippen LogP contribution is -2.33. The first kappa shape index (κ1) is 19.6. The average Bonchev–Trinajstić information content (AvgIpc) is 2.67. The lowest BCUT2D eigenvalue weighted by Gasteiger charge is -2.12. The molecule has 140 valence electrons. The van der Waals surface area contributed by atoms with E-state index in [9.17, 15) is 14.9 Å². The minimum Gasteiger partial charge on any atom is -0.489 e. The van der Waals surface area contributed by atoms with Crippen LogP contribution in [0.15, 0.2) is 66.3 Å². The van der Waals surface area contributed by atoms with Gasteiger partial charge in [-0.2, -0.15) is 5.10 Å². The molecule has 1 N–H and O–H groups in total. The summed E-state index contributed by atoms with van der Waals surface area (Å²) in [4.78, 5) is 22.2. The van der Waals surface area contributed by atoms with Gasteiger partial charge in [-0.1, -0.05) is 24.8 Å². The smallest absolute Gasteiger partial charge is 0.280 e. The Morgan fingerprint density at radius 1 is 1.30 bits per heavy atom. The fourth-order valence-corrected chi connectivity index (χ4v) is 2.03. The van der Waals surface area contributed by atoms with E-state index in [1.54, 1.807) is 25.1 Å². The van der Waals surface area contributed by atoms with Crippen LogP contribution in [0.4, 0.5) is 5.69 Å². The van der Waals surface area contributed by atoms with Gasteiger partial charge in [-0.25, -0.2) is 5.43 Å². The quantitative estimate of drug-likeness (QED) is 0.317. The molecule has 0 bridgehead atoms. The molecule has 8 nitrogen and oxygen atoms in total. The number of nitro groups is 1. The van der Waals surface area contributed by atoms with Gasteiger partial charge in [-0.3, -0.25) is 14.9 Å². The highest BCUT2D eigenvalue weighted by Crippen LogP contribution is 2.18. The zero-order valence-electron chi connectivity index (χ0n) is 14.7. The highest BCUT2D eigenvalue weighted by Gasteiger charge is 2.14. The normalized spacial score (nSPS) is 11.6. The summed E-state index contributed by atoms with van der Waals surface area (Å²) in [7, 11) is 0. The van der Waals surface area contributed by atoms with Crippen molar-refractivity contribution in [2.45, 2.75) is 13.0 Å². The van der Waals surface area contributed by atoms with Crippen LogP contribution in [0.5, 0.6) is 11.5 Å². The molecule has 0 unspecified atom stereocenters. The Balaban J connectivity index is 1.92. The molecule has 2 rings (SSSR count). The van der Waals surface area contributed by atoms with Crippen molar-refractivity contribution < 1.29 is 19.2 Å². The van der Waals surface area contributed by atoms with Crippen LogP contribution in [-0.2, 0) is 4.79 Å². The van der Waals surface area contributed by atoms with Gasteiger partial charge in [0.05, 0.1) is 11.1 Å². The van der Waals surface area contributed by atoms with Crippen molar-refractivity contribution in [2.24, 2.45) is 5.10 Å². The van der Waals surface area contributed by atoms with E-state index in [1.165, 1.54) is 30.5 Å². The van der Waals surface area contributed by atoms with Crippen LogP contribution in [0, 0.1) is 10.1 Å². The molecule has 0 saturated heterocycles. The van der Waals surface area contributed by atoms with Gasteiger partial charge in [-0.05, 0) is 31.2 Å². The second-order valence-corrected chi connectivity index (χ2v) is 5.38. The molecule has 0 aliphatic rings. The summed E-state index contributed by atoms with van der Waals surface area (Å²) < 4.78 is 10.9. The molecule has 0 saturated carbocycles.